The van der Waals surface area contributed by atoms with Gasteiger partial charge in [0.2, 0.25) is 0 Å². The third-order valence-corrected chi connectivity index (χ3v) is 6.32. The third kappa shape index (κ3) is 1.64. The maximum atomic E-state index is 13.0. The van der Waals surface area contributed by atoms with E-state index in [1.807, 2.05) is 24.3 Å². The molecule has 5 heteroatoms. The molecule has 0 saturated carbocycles. The summed E-state index contributed by atoms with van der Waals surface area (Å²) in [6.07, 6.45) is 1.26. The van der Waals surface area contributed by atoms with Crippen LogP contribution in [0.5, 0.6) is 0 Å². The van der Waals surface area contributed by atoms with E-state index in [9.17, 15) is 4.79 Å². The SMILES string of the molecule is O=C(c1nsc2ccccc12)N1C[C@@H]2CN3CC[C@@H]2[C@@H]1C3. The molecule has 4 aliphatic heterocycles. The van der Waals surface area contributed by atoms with Crippen LogP contribution in [0.2, 0.25) is 0 Å². The summed E-state index contributed by atoms with van der Waals surface area (Å²) in [6.45, 7) is 4.40. The standard InChI is InChI=1S/C16H17N3OS/c20-16(15-12-3-1-2-4-14(12)21-17-15)19-8-10-7-18-6-5-11(10)13(19)9-18/h1-4,10-11,13H,5-9H2/t10-,11-,13-/m0/s1. The normalized spacial score (nSPS) is 33.8. The predicted octanol–water partition coefficient (Wildman–Crippen LogP) is 2.07. The summed E-state index contributed by atoms with van der Waals surface area (Å²) in [5.74, 6) is 1.56. The highest BCUT2D eigenvalue weighted by Gasteiger charge is 2.51. The van der Waals surface area contributed by atoms with Gasteiger partial charge in [-0.1, -0.05) is 18.2 Å². The highest BCUT2D eigenvalue weighted by molar-refractivity contribution is 7.13. The minimum atomic E-state index is 0.147. The van der Waals surface area contributed by atoms with Crippen molar-refractivity contribution in [3.63, 3.8) is 0 Å². The van der Waals surface area contributed by atoms with E-state index in [1.54, 1.807) is 0 Å². The molecular formula is C16H17N3OS. The van der Waals surface area contributed by atoms with E-state index in [1.165, 1.54) is 31.0 Å². The molecule has 1 aromatic carbocycles. The van der Waals surface area contributed by atoms with Crippen LogP contribution in [0.4, 0.5) is 0 Å². The van der Waals surface area contributed by atoms with E-state index >= 15 is 0 Å². The largest absolute Gasteiger partial charge is 0.332 e. The molecule has 4 nitrogen and oxygen atoms in total. The first-order valence-corrected chi connectivity index (χ1v) is 8.46. The molecule has 0 N–H and O–H groups in total. The Kier molecular flexibility index (Phi) is 2.47. The van der Waals surface area contributed by atoms with Crippen molar-refractivity contribution in [3.8, 4) is 0 Å². The fraction of sp³-hybridized carbons (Fsp3) is 0.500. The maximum Gasteiger partial charge on any atom is 0.274 e. The number of fused-ring (bicyclic) bond motifs is 2. The number of hydrogen-bond acceptors (Lipinski definition) is 4. The van der Waals surface area contributed by atoms with Gasteiger partial charge in [0.05, 0.1) is 4.70 Å². The summed E-state index contributed by atoms with van der Waals surface area (Å²) in [5.41, 5.74) is 0.661. The molecule has 0 radical (unpaired) electrons. The van der Waals surface area contributed by atoms with E-state index in [0.717, 1.165) is 29.1 Å². The molecule has 0 spiro atoms. The predicted molar refractivity (Wildman–Crippen MR) is 82.5 cm³/mol. The number of piperidine rings is 3. The van der Waals surface area contributed by atoms with Crippen LogP contribution in [0.1, 0.15) is 16.9 Å². The Bertz CT molecular complexity index is 727. The number of carbonyl (C=O) groups excluding carboxylic acids is 1. The van der Waals surface area contributed by atoms with Gasteiger partial charge in [-0.3, -0.25) is 4.79 Å². The average Bonchev–Trinajstić information content (AvgIpc) is 3.06. The van der Waals surface area contributed by atoms with Gasteiger partial charge in [-0.15, -0.1) is 0 Å². The molecule has 4 bridgehead atoms. The van der Waals surface area contributed by atoms with Crippen LogP contribution in [-0.2, 0) is 0 Å². The van der Waals surface area contributed by atoms with Crippen LogP contribution in [0.25, 0.3) is 10.1 Å². The Morgan fingerprint density at radius 3 is 3.00 bits per heavy atom. The van der Waals surface area contributed by atoms with Crippen molar-refractivity contribution in [1.29, 1.82) is 0 Å². The first-order chi connectivity index (χ1) is 10.3. The summed E-state index contributed by atoms with van der Waals surface area (Å²) in [5, 5.41) is 1.01. The van der Waals surface area contributed by atoms with Gasteiger partial charge in [0.25, 0.3) is 5.91 Å². The molecule has 1 unspecified atom stereocenters. The fourth-order valence-electron chi connectivity index (χ4n) is 4.52. The van der Waals surface area contributed by atoms with Crippen LogP contribution in [0.3, 0.4) is 0 Å². The second-order valence-corrected chi connectivity index (χ2v) is 7.33. The maximum absolute atomic E-state index is 13.0. The monoisotopic (exact) mass is 299 g/mol. The molecule has 108 valence electrons. The second-order valence-electron chi connectivity index (χ2n) is 6.52. The van der Waals surface area contributed by atoms with Gasteiger partial charge >= 0.3 is 0 Å². The molecular weight excluding hydrogens is 282 g/mol. The number of likely N-dealkylation sites (tertiary alicyclic amines) is 1. The van der Waals surface area contributed by atoms with E-state index in [2.05, 4.69) is 14.2 Å². The summed E-state index contributed by atoms with van der Waals surface area (Å²) in [4.78, 5) is 17.6. The van der Waals surface area contributed by atoms with Crippen molar-refractivity contribution >= 4 is 27.5 Å². The van der Waals surface area contributed by atoms with Crippen molar-refractivity contribution in [2.45, 2.75) is 12.5 Å². The van der Waals surface area contributed by atoms with E-state index < -0.39 is 0 Å². The quantitative estimate of drug-likeness (QED) is 0.809. The zero-order chi connectivity index (χ0) is 14.0. The van der Waals surface area contributed by atoms with Gasteiger partial charge in [-0.25, -0.2) is 0 Å². The van der Waals surface area contributed by atoms with Crippen LogP contribution in [0.15, 0.2) is 24.3 Å². The van der Waals surface area contributed by atoms with Crippen molar-refractivity contribution in [3.05, 3.63) is 30.0 Å². The van der Waals surface area contributed by atoms with Gasteiger partial charge < -0.3 is 9.80 Å². The first kappa shape index (κ1) is 12.1. The summed E-state index contributed by atoms with van der Waals surface area (Å²) >= 11 is 1.43. The Balaban J connectivity index is 1.52. The van der Waals surface area contributed by atoms with Crippen molar-refractivity contribution in [1.82, 2.24) is 14.2 Å². The molecule has 4 aliphatic rings. The summed E-state index contributed by atoms with van der Waals surface area (Å²) < 4.78 is 5.56. The number of nitrogens with zero attached hydrogens (tertiary/aromatic N) is 3. The molecule has 4 atom stereocenters. The first-order valence-electron chi connectivity index (χ1n) is 7.69. The highest BCUT2D eigenvalue weighted by Crippen LogP contribution is 2.42. The number of carbonyl (C=O) groups is 1. The Morgan fingerprint density at radius 1 is 1.24 bits per heavy atom. The lowest BCUT2D eigenvalue weighted by Crippen LogP contribution is -2.54. The lowest BCUT2D eigenvalue weighted by Gasteiger charge is -2.44. The molecule has 6 rings (SSSR count). The minimum Gasteiger partial charge on any atom is -0.332 e. The minimum absolute atomic E-state index is 0.147. The molecule has 1 aromatic heterocycles. The molecule has 0 aliphatic carbocycles. The zero-order valence-corrected chi connectivity index (χ0v) is 12.6. The highest BCUT2D eigenvalue weighted by atomic mass is 32.1. The van der Waals surface area contributed by atoms with Crippen LogP contribution >= 0.6 is 11.5 Å². The van der Waals surface area contributed by atoms with Gasteiger partial charge in [0.1, 0.15) is 5.69 Å². The smallest absolute Gasteiger partial charge is 0.274 e. The van der Waals surface area contributed by atoms with Gasteiger partial charge in [0.15, 0.2) is 0 Å². The molecule has 5 heterocycles. The number of aromatic nitrogens is 1. The van der Waals surface area contributed by atoms with Gasteiger partial charge in [-0.2, -0.15) is 4.37 Å². The second kappa shape index (κ2) is 4.27. The number of amides is 1. The zero-order valence-electron chi connectivity index (χ0n) is 11.7. The molecule has 4 saturated heterocycles. The van der Waals surface area contributed by atoms with Crippen molar-refractivity contribution in [2.75, 3.05) is 26.2 Å². The van der Waals surface area contributed by atoms with Crippen LogP contribution in [-0.4, -0.2) is 52.3 Å². The molecule has 4 fully saturated rings. The number of hydrogen-bond donors (Lipinski definition) is 0. The Hall–Kier alpha value is -1.46. The summed E-state index contributed by atoms with van der Waals surface area (Å²) in [6, 6.07) is 8.47. The fourth-order valence-corrected chi connectivity index (χ4v) is 5.29. The molecule has 2 aromatic rings. The topological polar surface area (TPSA) is 36.4 Å². The van der Waals surface area contributed by atoms with Crippen molar-refractivity contribution in [2.24, 2.45) is 11.8 Å². The van der Waals surface area contributed by atoms with Crippen LogP contribution in [0, 0.1) is 11.8 Å². The van der Waals surface area contributed by atoms with E-state index in [-0.39, 0.29) is 5.91 Å². The summed E-state index contributed by atoms with van der Waals surface area (Å²) in [7, 11) is 0. The molecule has 1 amide bonds. The van der Waals surface area contributed by atoms with Crippen molar-refractivity contribution < 1.29 is 4.79 Å². The Labute approximate surface area is 127 Å². The van der Waals surface area contributed by atoms with Crippen LogP contribution < -0.4 is 0 Å². The number of benzene rings is 1. The number of rotatable bonds is 1. The van der Waals surface area contributed by atoms with Gasteiger partial charge in [0, 0.05) is 31.1 Å². The average molecular weight is 299 g/mol. The Morgan fingerprint density at radius 2 is 2.14 bits per heavy atom. The lowest BCUT2D eigenvalue weighted by atomic mass is 9.80. The lowest BCUT2D eigenvalue weighted by molar-refractivity contribution is 0.0421. The van der Waals surface area contributed by atoms with E-state index in [0.29, 0.717) is 17.7 Å². The van der Waals surface area contributed by atoms with E-state index in [4.69, 9.17) is 0 Å². The van der Waals surface area contributed by atoms with Gasteiger partial charge in [-0.05, 0) is 42.4 Å². The molecule has 21 heavy (non-hydrogen) atoms. The third-order valence-electron chi connectivity index (χ3n) is 5.49.